The van der Waals surface area contributed by atoms with Gasteiger partial charge in [0.2, 0.25) is 0 Å². The Labute approximate surface area is 135 Å². The number of hydrogen-bond acceptors (Lipinski definition) is 2. The highest BCUT2D eigenvalue weighted by molar-refractivity contribution is 9.10. The standard InChI is InChI=1S/C18H21BrN2/c1-21(13-14-5-3-2-4-6-14)17-10-7-15(18(19)11-17)12-20-16-8-9-16/h2-7,10-11,16,20H,8-9,12-13H2,1H3. The molecule has 2 nitrogen and oxygen atoms in total. The summed E-state index contributed by atoms with van der Waals surface area (Å²) in [5.41, 5.74) is 3.90. The molecule has 0 bridgehead atoms. The minimum absolute atomic E-state index is 0.748. The van der Waals surface area contributed by atoms with Crippen LogP contribution in [0.15, 0.2) is 53.0 Å². The molecule has 0 heterocycles. The number of benzene rings is 2. The van der Waals surface area contributed by atoms with Crippen molar-refractivity contribution in [3.8, 4) is 0 Å². The molecule has 0 unspecified atom stereocenters. The van der Waals surface area contributed by atoms with E-state index in [2.05, 4.69) is 81.7 Å². The summed E-state index contributed by atoms with van der Waals surface area (Å²) in [7, 11) is 2.14. The van der Waals surface area contributed by atoms with Gasteiger partial charge in [-0.1, -0.05) is 52.3 Å². The van der Waals surface area contributed by atoms with Gasteiger partial charge in [0.05, 0.1) is 0 Å². The summed E-state index contributed by atoms with van der Waals surface area (Å²) in [6, 6.07) is 18.0. The SMILES string of the molecule is CN(Cc1ccccc1)c1ccc(CNC2CC2)c(Br)c1. The molecule has 110 valence electrons. The van der Waals surface area contributed by atoms with Gasteiger partial charge in [0, 0.05) is 36.3 Å². The fourth-order valence-electron chi connectivity index (χ4n) is 2.41. The lowest BCUT2D eigenvalue weighted by Crippen LogP contribution is -2.18. The highest BCUT2D eigenvalue weighted by Crippen LogP contribution is 2.26. The van der Waals surface area contributed by atoms with Gasteiger partial charge >= 0.3 is 0 Å². The molecule has 0 aromatic heterocycles. The zero-order chi connectivity index (χ0) is 14.7. The minimum atomic E-state index is 0.748. The van der Waals surface area contributed by atoms with Crippen LogP contribution in [-0.2, 0) is 13.1 Å². The fourth-order valence-corrected chi connectivity index (χ4v) is 2.91. The summed E-state index contributed by atoms with van der Waals surface area (Å²) in [5.74, 6) is 0. The van der Waals surface area contributed by atoms with Crippen molar-refractivity contribution in [3.05, 3.63) is 64.1 Å². The van der Waals surface area contributed by atoms with Crippen LogP contribution in [0.3, 0.4) is 0 Å². The molecule has 0 amide bonds. The second kappa shape index (κ2) is 6.63. The van der Waals surface area contributed by atoms with E-state index in [1.165, 1.54) is 34.1 Å². The van der Waals surface area contributed by atoms with Gasteiger partial charge in [-0.25, -0.2) is 0 Å². The van der Waals surface area contributed by atoms with E-state index < -0.39 is 0 Å². The highest BCUT2D eigenvalue weighted by atomic mass is 79.9. The molecule has 0 atom stereocenters. The summed E-state index contributed by atoms with van der Waals surface area (Å²) < 4.78 is 1.19. The third kappa shape index (κ3) is 4.08. The first-order valence-electron chi connectivity index (χ1n) is 7.49. The van der Waals surface area contributed by atoms with Gasteiger partial charge < -0.3 is 10.2 Å². The van der Waals surface area contributed by atoms with Crippen molar-refractivity contribution in [1.29, 1.82) is 0 Å². The van der Waals surface area contributed by atoms with Gasteiger partial charge in [0.25, 0.3) is 0 Å². The van der Waals surface area contributed by atoms with Gasteiger partial charge in [-0.2, -0.15) is 0 Å². The first-order chi connectivity index (χ1) is 10.2. The van der Waals surface area contributed by atoms with Gasteiger partial charge in [0.1, 0.15) is 0 Å². The lowest BCUT2D eigenvalue weighted by atomic mass is 10.1. The van der Waals surface area contributed by atoms with Crippen LogP contribution < -0.4 is 10.2 Å². The van der Waals surface area contributed by atoms with Crippen LogP contribution in [0.2, 0.25) is 0 Å². The Morgan fingerprint density at radius 1 is 1.14 bits per heavy atom. The van der Waals surface area contributed by atoms with E-state index in [0.29, 0.717) is 0 Å². The van der Waals surface area contributed by atoms with E-state index in [4.69, 9.17) is 0 Å². The molecule has 2 aromatic carbocycles. The summed E-state index contributed by atoms with van der Waals surface area (Å²) in [6.45, 7) is 1.88. The van der Waals surface area contributed by atoms with E-state index in [1.807, 2.05) is 0 Å². The van der Waals surface area contributed by atoms with Crippen LogP contribution in [0, 0.1) is 0 Å². The van der Waals surface area contributed by atoms with Crippen LogP contribution in [0.4, 0.5) is 5.69 Å². The Morgan fingerprint density at radius 3 is 2.57 bits per heavy atom. The second-order valence-electron chi connectivity index (χ2n) is 5.77. The molecule has 3 heteroatoms. The number of halogens is 1. The lowest BCUT2D eigenvalue weighted by molar-refractivity contribution is 0.686. The Balaban J connectivity index is 1.65. The van der Waals surface area contributed by atoms with Crippen molar-refractivity contribution in [3.63, 3.8) is 0 Å². The van der Waals surface area contributed by atoms with Gasteiger partial charge in [-0.15, -0.1) is 0 Å². The Bertz CT molecular complexity index is 593. The third-order valence-electron chi connectivity index (χ3n) is 3.90. The maximum absolute atomic E-state index is 3.70. The van der Waals surface area contributed by atoms with Crippen LogP contribution in [0.1, 0.15) is 24.0 Å². The Morgan fingerprint density at radius 2 is 1.90 bits per heavy atom. The van der Waals surface area contributed by atoms with E-state index >= 15 is 0 Å². The van der Waals surface area contributed by atoms with E-state index in [1.54, 1.807) is 0 Å². The smallest absolute Gasteiger partial charge is 0.0426 e. The topological polar surface area (TPSA) is 15.3 Å². The summed E-state index contributed by atoms with van der Waals surface area (Å²) >= 11 is 3.70. The van der Waals surface area contributed by atoms with Crippen molar-refractivity contribution in [2.45, 2.75) is 32.0 Å². The molecule has 21 heavy (non-hydrogen) atoms. The molecule has 1 N–H and O–H groups in total. The molecule has 3 rings (SSSR count). The number of hydrogen-bond donors (Lipinski definition) is 1. The molecule has 0 spiro atoms. The number of rotatable bonds is 6. The summed E-state index contributed by atoms with van der Waals surface area (Å²) in [5, 5.41) is 3.56. The predicted octanol–water partition coefficient (Wildman–Crippen LogP) is 4.34. The second-order valence-corrected chi connectivity index (χ2v) is 6.63. The largest absolute Gasteiger partial charge is 0.370 e. The van der Waals surface area contributed by atoms with Crippen molar-refractivity contribution >= 4 is 21.6 Å². The van der Waals surface area contributed by atoms with Gasteiger partial charge in [-0.05, 0) is 36.1 Å². The number of nitrogens with zero attached hydrogens (tertiary/aromatic N) is 1. The summed E-state index contributed by atoms with van der Waals surface area (Å²) in [4.78, 5) is 2.28. The highest BCUT2D eigenvalue weighted by Gasteiger charge is 2.20. The van der Waals surface area contributed by atoms with Crippen LogP contribution >= 0.6 is 15.9 Å². The lowest BCUT2D eigenvalue weighted by Gasteiger charge is -2.20. The number of anilines is 1. The molecule has 2 aromatic rings. The molecule has 1 fully saturated rings. The van der Waals surface area contributed by atoms with Crippen molar-refractivity contribution in [2.75, 3.05) is 11.9 Å². The van der Waals surface area contributed by atoms with E-state index in [0.717, 1.165) is 19.1 Å². The Hall–Kier alpha value is -1.32. The molecule has 0 radical (unpaired) electrons. The molecular weight excluding hydrogens is 324 g/mol. The summed E-state index contributed by atoms with van der Waals surface area (Å²) in [6.07, 6.45) is 2.66. The third-order valence-corrected chi connectivity index (χ3v) is 4.64. The van der Waals surface area contributed by atoms with Crippen LogP contribution in [0.25, 0.3) is 0 Å². The van der Waals surface area contributed by atoms with Crippen molar-refractivity contribution in [2.24, 2.45) is 0 Å². The van der Waals surface area contributed by atoms with Gasteiger partial charge in [0.15, 0.2) is 0 Å². The van der Waals surface area contributed by atoms with Crippen LogP contribution in [-0.4, -0.2) is 13.1 Å². The van der Waals surface area contributed by atoms with Crippen LogP contribution in [0.5, 0.6) is 0 Å². The zero-order valence-corrected chi connectivity index (χ0v) is 13.9. The average molecular weight is 345 g/mol. The maximum atomic E-state index is 3.70. The molecule has 1 saturated carbocycles. The first-order valence-corrected chi connectivity index (χ1v) is 8.28. The normalized spacial score (nSPS) is 14.2. The van der Waals surface area contributed by atoms with Gasteiger partial charge in [-0.3, -0.25) is 0 Å². The molecule has 1 aliphatic rings. The van der Waals surface area contributed by atoms with Crippen molar-refractivity contribution < 1.29 is 0 Å². The molecule has 1 aliphatic carbocycles. The average Bonchev–Trinajstić information content (AvgIpc) is 3.31. The fraction of sp³-hybridized carbons (Fsp3) is 0.333. The molecular formula is C18H21BrN2. The number of nitrogens with one attached hydrogen (secondary N) is 1. The predicted molar refractivity (Wildman–Crippen MR) is 92.6 cm³/mol. The monoisotopic (exact) mass is 344 g/mol. The maximum Gasteiger partial charge on any atom is 0.0426 e. The van der Waals surface area contributed by atoms with Crippen molar-refractivity contribution in [1.82, 2.24) is 5.32 Å². The minimum Gasteiger partial charge on any atom is -0.370 e. The zero-order valence-electron chi connectivity index (χ0n) is 12.3. The first kappa shape index (κ1) is 14.6. The Kier molecular flexibility index (Phi) is 4.61. The molecule has 0 saturated heterocycles. The van der Waals surface area contributed by atoms with E-state index in [-0.39, 0.29) is 0 Å². The van der Waals surface area contributed by atoms with E-state index in [9.17, 15) is 0 Å². The quantitative estimate of drug-likeness (QED) is 0.838. The molecule has 0 aliphatic heterocycles.